The Morgan fingerprint density at radius 3 is 2.27 bits per heavy atom. The van der Waals surface area contributed by atoms with Gasteiger partial charge < -0.3 is 9.64 Å². The summed E-state index contributed by atoms with van der Waals surface area (Å²) >= 11 is 0. The molecule has 1 heterocycles. The molecule has 0 radical (unpaired) electrons. The summed E-state index contributed by atoms with van der Waals surface area (Å²) in [5.74, 6) is 1.79. The van der Waals surface area contributed by atoms with E-state index in [9.17, 15) is 4.79 Å². The average molecular weight is 300 g/mol. The van der Waals surface area contributed by atoms with Gasteiger partial charge in [0.1, 0.15) is 5.75 Å². The molecule has 22 heavy (non-hydrogen) atoms. The summed E-state index contributed by atoms with van der Waals surface area (Å²) in [7, 11) is 0. The summed E-state index contributed by atoms with van der Waals surface area (Å²) in [6.45, 7) is 4.58. The third-order valence-corrected chi connectivity index (χ3v) is 4.95. The molecule has 3 aliphatic rings. The number of ether oxygens (including phenoxy) is 1. The van der Waals surface area contributed by atoms with E-state index in [4.69, 9.17) is 4.74 Å². The molecule has 0 spiro atoms. The molecule has 3 fully saturated rings. The number of carbonyl (C=O) groups excluding carboxylic acids is 1. The normalized spacial score (nSPS) is 22.6. The largest absolute Gasteiger partial charge is 0.493 e. The first kappa shape index (κ1) is 14.1. The van der Waals surface area contributed by atoms with Gasteiger partial charge in [0.15, 0.2) is 0 Å². The van der Waals surface area contributed by atoms with Gasteiger partial charge in [-0.2, -0.15) is 0 Å². The van der Waals surface area contributed by atoms with Crippen molar-refractivity contribution in [1.29, 1.82) is 0 Å². The van der Waals surface area contributed by atoms with Crippen LogP contribution in [0.15, 0.2) is 24.3 Å². The molecule has 4 heteroatoms. The van der Waals surface area contributed by atoms with E-state index in [2.05, 4.69) is 4.90 Å². The first-order chi connectivity index (χ1) is 10.8. The number of benzene rings is 1. The van der Waals surface area contributed by atoms with E-state index in [1.54, 1.807) is 0 Å². The molecule has 1 aromatic carbocycles. The molecule has 1 saturated heterocycles. The first-order valence-corrected chi connectivity index (χ1v) is 8.56. The molecule has 4 nitrogen and oxygen atoms in total. The zero-order valence-corrected chi connectivity index (χ0v) is 13.0. The molecule has 0 atom stereocenters. The zero-order valence-electron chi connectivity index (χ0n) is 13.0. The van der Waals surface area contributed by atoms with E-state index in [1.165, 1.54) is 25.7 Å². The van der Waals surface area contributed by atoms with Gasteiger partial charge >= 0.3 is 0 Å². The Kier molecular flexibility index (Phi) is 3.78. The van der Waals surface area contributed by atoms with Gasteiger partial charge in [-0.3, -0.25) is 9.69 Å². The second kappa shape index (κ2) is 5.92. The first-order valence-electron chi connectivity index (χ1n) is 8.56. The van der Waals surface area contributed by atoms with E-state index in [0.717, 1.165) is 56.1 Å². The van der Waals surface area contributed by atoms with Crippen LogP contribution in [0.3, 0.4) is 0 Å². The van der Waals surface area contributed by atoms with Crippen LogP contribution in [0.1, 0.15) is 36.0 Å². The SMILES string of the molecule is O=C(c1ccc(OCC2CC2)cc1)N1CCN(C2CC2)CC1. The lowest BCUT2D eigenvalue weighted by atomic mass is 10.1. The van der Waals surface area contributed by atoms with Crippen LogP contribution in [-0.2, 0) is 0 Å². The maximum absolute atomic E-state index is 12.5. The highest BCUT2D eigenvalue weighted by Crippen LogP contribution is 2.30. The third kappa shape index (κ3) is 3.27. The van der Waals surface area contributed by atoms with E-state index in [-0.39, 0.29) is 5.91 Å². The molecular weight excluding hydrogens is 276 g/mol. The highest BCUT2D eigenvalue weighted by atomic mass is 16.5. The fourth-order valence-corrected chi connectivity index (χ4v) is 3.10. The molecule has 1 aliphatic heterocycles. The minimum atomic E-state index is 0.157. The smallest absolute Gasteiger partial charge is 0.253 e. The van der Waals surface area contributed by atoms with Gasteiger partial charge in [-0.05, 0) is 55.9 Å². The van der Waals surface area contributed by atoms with Crippen LogP contribution in [0.2, 0.25) is 0 Å². The van der Waals surface area contributed by atoms with Crippen molar-refractivity contribution in [3.05, 3.63) is 29.8 Å². The zero-order chi connectivity index (χ0) is 14.9. The van der Waals surface area contributed by atoms with Crippen LogP contribution < -0.4 is 4.74 Å². The molecular formula is C18H24N2O2. The predicted molar refractivity (Wildman–Crippen MR) is 85.2 cm³/mol. The Morgan fingerprint density at radius 1 is 1.00 bits per heavy atom. The Balaban J connectivity index is 1.31. The Bertz CT molecular complexity index is 527. The van der Waals surface area contributed by atoms with Crippen molar-refractivity contribution in [1.82, 2.24) is 9.80 Å². The van der Waals surface area contributed by atoms with Crippen molar-refractivity contribution in [3.8, 4) is 5.75 Å². The summed E-state index contributed by atoms with van der Waals surface area (Å²) in [5.41, 5.74) is 0.777. The fourth-order valence-electron chi connectivity index (χ4n) is 3.10. The molecule has 1 aromatic rings. The quantitative estimate of drug-likeness (QED) is 0.837. The number of hydrogen-bond donors (Lipinski definition) is 0. The number of nitrogens with zero attached hydrogens (tertiary/aromatic N) is 2. The summed E-state index contributed by atoms with van der Waals surface area (Å²) in [4.78, 5) is 17.1. The summed E-state index contributed by atoms with van der Waals surface area (Å²) in [6.07, 6.45) is 5.28. The summed E-state index contributed by atoms with van der Waals surface area (Å²) in [5, 5.41) is 0. The molecule has 2 aliphatic carbocycles. The average Bonchev–Trinajstić information content (AvgIpc) is 3.47. The summed E-state index contributed by atoms with van der Waals surface area (Å²) in [6, 6.07) is 8.46. The van der Waals surface area contributed by atoms with Crippen LogP contribution in [0.25, 0.3) is 0 Å². The third-order valence-electron chi connectivity index (χ3n) is 4.95. The van der Waals surface area contributed by atoms with Crippen molar-refractivity contribution < 1.29 is 9.53 Å². The molecule has 0 N–H and O–H groups in total. The maximum Gasteiger partial charge on any atom is 0.253 e. The number of piperazine rings is 1. The molecule has 0 aromatic heterocycles. The molecule has 0 bridgehead atoms. The van der Waals surface area contributed by atoms with Crippen LogP contribution >= 0.6 is 0 Å². The van der Waals surface area contributed by atoms with Crippen molar-refractivity contribution in [3.63, 3.8) is 0 Å². The lowest BCUT2D eigenvalue weighted by Crippen LogP contribution is -2.49. The van der Waals surface area contributed by atoms with Crippen LogP contribution in [0.5, 0.6) is 5.75 Å². The number of rotatable bonds is 5. The number of hydrogen-bond acceptors (Lipinski definition) is 3. The predicted octanol–water partition coefficient (Wildman–Crippen LogP) is 2.40. The monoisotopic (exact) mass is 300 g/mol. The Hall–Kier alpha value is -1.55. The van der Waals surface area contributed by atoms with Crippen LogP contribution in [-0.4, -0.2) is 54.5 Å². The van der Waals surface area contributed by atoms with Gasteiger partial charge in [0, 0.05) is 37.8 Å². The maximum atomic E-state index is 12.5. The Morgan fingerprint density at radius 2 is 1.68 bits per heavy atom. The van der Waals surface area contributed by atoms with Crippen molar-refractivity contribution >= 4 is 5.91 Å². The van der Waals surface area contributed by atoms with Gasteiger partial charge in [0.05, 0.1) is 6.61 Å². The highest BCUT2D eigenvalue weighted by molar-refractivity contribution is 5.94. The number of carbonyl (C=O) groups is 1. The topological polar surface area (TPSA) is 32.8 Å². The molecule has 2 saturated carbocycles. The Labute approximate surface area is 132 Å². The van der Waals surface area contributed by atoms with Crippen LogP contribution in [0.4, 0.5) is 0 Å². The highest BCUT2D eigenvalue weighted by Gasteiger charge is 2.32. The van der Waals surface area contributed by atoms with E-state index < -0.39 is 0 Å². The molecule has 4 rings (SSSR count). The number of amides is 1. The van der Waals surface area contributed by atoms with E-state index >= 15 is 0 Å². The molecule has 0 unspecified atom stereocenters. The lowest BCUT2D eigenvalue weighted by Gasteiger charge is -2.34. The van der Waals surface area contributed by atoms with E-state index in [1.807, 2.05) is 29.2 Å². The minimum Gasteiger partial charge on any atom is -0.493 e. The summed E-state index contributed by atoms with van der Waals surface area (Å²) < 4.78 is 5.73. The van der Waals surface area contributed by atoms with Gasteiger partial charge in [0.25, 0.3) is 5.91 Å². The fraction of sp³-hybridized carbons (Fsp3) is 0.611. The van der Waals surface area contributed by atoms with E-state index in [0.29, 0.717) is 0 Å². The van der Waals surface area contributed by atoms with Gasteiger partial charge in [-0.25, -0.2) is 0 Å². The van der Waals surface area contributed by atoms with Gasteiger partial charge in [-0.15, -0.1) is 0 Å². The minimum absolute atomic E-state index is 0.157. The second-order valence-corrected chi connectivity index (χ2v) is 6.84. The lowest BCUT2D eigenvalue weighted by molar-refractivity contribution is 0.0627. The van der Waals surface area contributed by atoms with Gasteiger partial charge in [-0.1, -0.05) is 0 Å². The van der Waals surface area contributed by atoms with Crippen LogP contribution in [0, 0.1) is 5.92 Å². The standard InChI is InChI=1S/C18H24N2O2/c21-18(20-11-9-19(10-12-20)16-5-6-16)15-3-7-17(8-4-15)22-13-14-1-2-14/h3-4,7-8,14,16H,1-2,5-6,9-13H2. The van der Waals surface area contributed by atoms with Crippen molar-refractivity contribution in [2.45, 2.75) is 31.7 Å². The van der Waals surface area contributed by atoms with Gasteiger partial charge in [0.2, 0.25) is 0 Å². The van der Waals surface area contributed by atoms with Crippen molar-refractivity contribution in [2.75, 3.05) is 32.8 Å². The molecule has 118 valence electrons. The molecule has 1 amide bonds. The second-order valence-electron chi connectivity index (χ2n) is 6.84. The van der Waals surface area contributed by atoms with Crippen molar-refractivity contribution in [2.24, 2.45) is 5.92 Å².